The number of carbonyl (C=O) groups excluding carboxylic acids is 1. The second kappa shape index (κ2) is 7.44. The molecule has 0 radical (unpaired) electrons. The molecular weight excluding hydrogens is 304 g/mol. The second-order valence-electron chi connectivity index (χ2n) is 6.17. The molecule has 1 saturated heterocycles. The first-order valence-corrected chi connectivity index (χ1v) is 8.28. The number of hydrogen-bond donors (Lipinski definition) is 1. The Morgan fingerprint density at radius 2 is 2.08 bits per heavy atom. The number of urea groups is 1. The van der Waals surface area contributed by atoms with Crippen LogP contribution < -0.4 is 5.32 Å². The Kier molecular flexibility index (Phi) is 5.10. The Morgan fingerprint density at radius 3 is 2.71 bits per heavy atom. The highest BCUT2D eigenvalue weighted by molar-refractivity contribution is 5.74. The van der Waals surface area contributed by atoms with E-state index in [1.807, 2.05) is 30.4 Å². The third-order valence-electron chi connectivity index (χ3n) is 4.52. The van der Waals surface area contributed by atoms with Crippen molar-refractivity contribution >= 4 is 6.03 Å². The number of carbonyl (C=O) groups is 1. The minimum absolute atomic E-state index is 0.00691. The summed E-state index contributed by atoms with van der Waals surface area (Å²) in [5.74, 6) is 0. The van der Waals surface area contributed by atoms with Gasteiger partial charge in [-0.3, -0.25) is 14.6 Å². The second-order valence-corrected chi connectivity index (χ2v) is 6.17. The molecule has 7 heteroatoms. The van der Waals surface area contributed by atoms with Gasteiger partial charge in [0.2, 0.25) is 0 Å². The molecule has 1 N–H and O–H groups in total. The Morgan fingerprint density at radius 1 is 1.29 bits per heavy atom. The average Bonchev–Trinajstić information content (AvgIpc) is 3.05. The van der Waals surface area contributed by atoms with Gasteiger partial charge < -0.3 is 10.2 Å². The lowest BCUT2D eigenvalue weighted by molar-refractivity contribution is 0.113. The van der Waals surface area contributed by atoms with Gasteiger partial charge in [0.1, 0.15) is 0 Å². The van der Waals surface area contributed by atoms with Crippen LogP contribution in [0.25, 0.3) is 0 Å². The average molecular weight is 328 g/mol. The van der Waals surface area contributed by atoms with Crippen molar-refractivity contribution in [2.75, 3.05) is 26.2 Å². The summed E-state index contributed by atoms with van der Waals surface area (Å²) in [4.78, 5) is 20.7. The first kappa shape index (κ1) is 16.4. The summed E-state index contributed by atoms with van der Waals surface area (Å²) in [6.07, 6.45) is 7.39. The number of piperazine rings is 1. The van der Waals surface area contributed by atoms with E-state index < -0.39 is 0 Å². The topological polar surface area (TPSA) is 66.3 Å². The largest absolute Gasteiger partial charge is 0.334 e. The van der Waals surface area contributed by atoms with E-state index in [1.54, 1.807) is 17.1 Å². The number of hydrogen-bond acceptors (Lipinski definition) is 4. The van der Waals surface area contributed by atoms with E-state index >= 15 is 0 Å². The maximum absolute atomic E-state index is 12.3. The fourth-order valence-corrected chi connectivity index (χ4v) is 3.00. The summed E-state index contributed by atoms with van der Waals surface area (Å²) in [7, 11) is 1.87. The molecule has 24 heavy (non-hydrogen) atoms. The van der Waals surface area contributed by atoms with Crippen LogP contribution in [0.15, 0.2) is 36.9 Å². The molecule has 2 aromatic rings. The first-order chi connectivity index (χ1) is 11.6. The van der Waals surface area contributed by atoms with Gasteiger partial charge in [-0.05, 0) is 18.6 Å². The summed E-state index contributed by atoms with van der Waals surface area (Å²) < 4.78 is 1.74. The highest BCUT2D eigenvalue weighted by atomic mass is 16.2. The summed E-state index contributed by atoms with van der Waals surface area (Å²) in [5, 5.41) is 7.07. The lowest BCUT2D eigenvalue weighted by atomic mass is 10.1. The number of nitrogens with zero attached hydrogens (tertiary/aromatic N) is 5. The summed E-state index contributed by atoms with van der Waals surface area (Å²) in [6.45, 7) is 5.92. The minimum atomic E-state index is -0.00691. The molecule has 128 valence electrons. The molecule has 0 aliphatic carbocycles. The zero-order chi connectivity index (χ0) is 16.9. The van der Waals surface area contributed by atoms with Crippen LogP contribution in [-0.2, 0) is 13.6 Å². The van der Waals surface area contributed by atoms with Gasteiger partial charge in [0.05, 0.1) is 6.20 Å². The Labute approximate surface area is 142 Å². The Hall–Kier alpha value is -2.41. The van der Waals surface area contributed by atoms with Gasteiger partial charge in [0.15, 0.2) is 0 Å². The molecule has 3 heterocycles. The summed E-state index contributed by atoms with van der Waals surface area (Å²) in [6, 6.07) is 4.38. The minimum Gasteiger partial charge on any atom is -0.334 e. The zero-order valence-electron chi connectivity index (χ0n) is 14.2. The van der Waals surface area contributed by atoms with Crippen molar-refractivity contribution in [2.24, 2.45) is 7.05 Å². The fraction of sp³-hybridized carbons (Fsp3) is 0.471. The first-order valence-electron chi connectivity index (χ1n) is 8.28. The van der Waals surface area contributed by atoms with Gasteiger partial charge in [-0.2, -0.15) is 5.10 Å². The van der Waals surface area contributed by atoms with Crippen molar-refractivity contribution < 1.29 is 4.79 Å². The van der Waals surface area contributed by atoms with E-state index in [4.69, 9.17) is 0 Å². The predicted octanol–water partition coefficient (Wildman–Crippen LogP) is 1.40. The number of aryl methyl sites for hydroxylation is 1. The Balaban J connectivity index is 1.47. The molecule has 1 atom stereocenters. The molecule has 2 amide bonds. The fourth-order valence-electron chi connectivity index (χ4n) is 3.00. The molecule has 0 spiro atoms. The van der Waals surface area contributed by atoms with Crippen LogP contribution in [0.3, 0.4) is 0 Å². The third kappa shape index (κ3) is 3.91. The quantitative estimate of drug-likeness (QED) is 0.921. The number of aromatic nitrogens is 3. The van der Waals surface area contributed by atoms with Gasteiger partial charge in [-0.1, -0.05) is 6.07 Å². The SMILES string of the molecule is C[C@H](c1cccnc1)N1CCN(C(=O)NCc2cnn(C)c2)CC1. The van der Waals surface area contributed by atoms with Crippen molar-refractivity contribution in [2.45, 2.75) is 19.5 Å². The maximum Gasteiger partial charge on any atom is 0.317 e. The van der Waals surface area contributed by atoms with E-state index in [1.165, 1.54) is 5.56 Å². The van der Waals surface area contributed by atoms with Crippen molar-refractivity contribution in [3.05, 3.63) is 48.0 Å². The van der Waals surface area contributed by atoms with Gasteiger partial charge in [-0.25, -0.2) is 4.79 Å². The van der Waals surface area contributed by atoms with Crippen LogP contribution in [0.2, 0.25) is 0 Å². The Bertz CT molecular complexity index is 663. The standard InChI is InChI=1S/C17H24N6O/c1-14(16-4-3-5-18-12-16)22-6-8-23(9-7-22)17(24)19-10-15-11-20-21(2)13-15/h3-5,11-14H,6-10H2,1-2H3,(H,19,24)/t14-/m1/s1. The zero-order valence-corrected chi connectivity index (χ0v) is 14.2. The summed E-state index contributed by atoms with van der Waals surface area (Å²) in [5.41, 5.74) is 2.22. The van der Waals surface area contributed by atoms with E-state index in [0.717, 1.165) is 31.7 Å². The van der Waals surface area contributed by atoms with E-state index in [-0.39, 0.29) is 6.03 Å². The molecule has 1 fully saturated rings. The van der Waals surface area contributed by atoms with Crippen LogP contribution in [0, 0.1) is 0 Å². The molecule has 3 rings (SSSR count). The number of pyridine rings is 1. The molecule has 1 aliphatic rings. The van der Waals surface area contributed by atoms with Gasteiger partial charge >= 0.3 is 6.03 Å². The molecule has 2 aromatic heterocycles. The molecule has 0 aromatic carbocycles. The smallest absolute Gasteiger partial charge is 0.317 e. The maximum atomic E-state index is 12.3. The highest BCUT2D eigenvalue weighted by Gasteiger charge is 2.24. The van der Waals surface area contributed by atoms with Crippen molar-refractivity contribution in [3.8, 4) is 0 Å². The van der Waals surface area contributed by atoms with Crippen LogP contribution >= 0.6 is 0 Å². The van der Waals surface area contributed by atoms with Crippen molar-refractivity contribution in [1.82, 2.24) is 29.9 Å². The third-order valence-corrected chi connectivity index (χ3v) is 4.52. The van der Waals surface area contributed by atoms with Gasteiger partial charge in [-0.15, -0.1) is 0 Å². The van der Waals surface area contributed by atoms with Crippen LogP contribution in [0.5, 0.6) is 0 Å². The van der Waals surface area contributed by atoms with Crippen LogP contribution in [0.1, 0.15) is 24.1 Å². The van der Waals surface area contributed by atoms with E-state index in [0.29, 0.717) is 12.6 Å². The highest BCUT2D eigenvalue weighted by Crippen LogP contribution is 2.20. The molecular formula is C17H24N6O. The van der Waals surface area contributed by atoms with E-state index in [9.17, 15) is 4.79 Å². The lowest BCUT2D eigenvalue weighted by Gasteiger charge is -2.38. The molecule has 0 unspecified atom stereocenters. The van der Waals surface area contributed by atoms with Gasteiger partial charge in [0.25, 0.3) is 0 Å². The summed E-state index contributed by atoms with van der Waals surface area (Å²) >= 11 is 0. The van der Waals surface area contributed by atoms with Crippen molar-refractivity contribution in [3.63, 3.8) is 0 Å². The number of nitrogens with one attached hydrogen (secondary N) is 1. The predicted molar refractivity (Wildman–Crippen MR) is 91.2 cm³/mol. The van der Waals surface area contributed by atoms with E-state index in [2.05, 4.69) is 33.3 Å². The van der Waals surface area contributed by atoms with Crippen LogP contribution in [0.4, 0.5) is 4.79 Å². The number of rotatable bonds is 4. The van der Waals surface area contributed by atoms with Crippen LogP contribution in [-0.4, -0.2) is 56.8 Å². The molecule has 0 saturated carbocycles. The monoisotopic (exact) mass is 328 g/mol. The molecule has 0 bridgehead atoms. The lowest BCUT2D eigenvalue weighted by Crippen LogP contribution is -2.52. The molecule has 7 nitrogen and oxygen atoms in total. The molecule has 1 aliphatic heterocycles. The normalized spacial score (nSPS) is 16.8. The van der Waals surface area contributed by atoms with Crippen molar-refractivity contribution in [1.29, 1.82) is 0 Å². The van der Waals surface area contributed by atoms with Gasteiger partial charge in [0, 0.05) is 70.0 Å². The number of amides is 2.